The summed E-state index contributed by atoms with van der Waals surface area (Å²) in [7, 11) is 0. The van der Waals surface area contributed by atoms with Crippen molar-refractivity contribution in [1.29, 1.82) is 0 Å². The summed E-state index contributed by atoms with van der Waals surface area (Å²) in [5.74, 6) is -1.79. The number of benzene rings is 2. The number of para-hydroxylation sites is 1. The molecule has 0 aliphatic rings. The van der Waals surface area contributed by atoms with Crippen molar-refractivity contribution in [2.75, 3.05) is 5.32 Å². The maximum absolute atomic E-state index is 13.3. The highest BCUT2D eigenvalue weighted by atomic mass is 19.3. The van der Waals surface area contributed by atoms with E-state index in [0.29, 0.717) is 5.69 Å². The lowest BCUT2D eigenvalue weighted by molar-refractivity contribution is -0.0495. The van der Waals surface area contributed by atoms with Gasteiger partial charge in [0.15, 0.2) is 5.75 Å². The number of halogens is 3. The molecular weight excluding hydrogens is 347 g/mol. The second-order valence-electron chi connectivity index (χ2n) is 5.38. The van der Waals surface area contributed by atoms with Gasteiger partial charge in [-0.2, -0.15) is 13.9 Å². The zero-order valence-corrected chi connectivity index (χ0v) is 13.6. The molecule has 0 aliphatic heterocycles. The van der Waals surface area contributed by atoms with E-state index in [9.17, 15) is 18.0 Å². The molecule has 5 nitrogen and oxygen atoms in total. The summed E-state index contributed by atoms with van der Waals surface area (Å²) < 4.78 is 44.0. The number of carbonyl (C=O) groups is 1. The third kappa shape index (κ3) is 3.85. The molecule has 0 aliphatic carbocycles. The van der Waals surface area contributed by atoms with Crippen LogP contribution in [0.25, 0.3) is 5.69 Å². The summed E-state index contributed by atoms with van der Waals surface area (Å²) in [5.41, 5.74) is 1.40. The summed E-state index contributed by atoms with van der Waals surface area (Å²) in [5, 5.41) is 6.72. The fraction of sp³-hybridized carbons (Fsp3) is 0.111. The lowest BCUT2D eigenvalue weighted by atomic mass is 10.2. The van der Waals surface area contributed by atoms with Crippen LogP contribution in [0.3, 0.4) is 0 Å². The average Bonchev–Trinajstić information content (AvgIpc) is 2.99. The van der Waals surface area contributed by atoms with E-state index in [4.69, 9.17) is 0 Å². The minimum atomic E-state index is -3.14. The van der Waals surface area contributed by atoms with Gasteiger partial charge in [0, 0.05) is 12.3 Å². The monoisotopic (exact) mass is 361 g/mol. The van der Waals surface area contributed by atoms with Crippen LogP contribution in [0.2, 0.25) is 0 Å². The molecule has 3 aromatic rings. The summed E-state index contributed by atoms with van der Waals surface area (Å²) in [4.78, 5) is 12.5. The Bertz CT molecular complexity index is 927. The van der Waals surface area contributed by atoms with Gasteiger partial charge in [-0.05, 0) is 31.2 Å². The van der Waals surface area contributed by atoms with Gasteiger partial charge in [-0.15, -0.1) is 0 Å². The number of aromatic nitrogens is 2. The first kappa shape index (κ1) is 17.5. The number of amides is 1. The third-order valence-corrected chi connectivity index (χ3v) is 3.57. The van der Waals surface area contributed by atoms with Crippen LogP contribution in [-0.2, 0) is 0 Å². The van der Waals surface area contributed by atoms with E-state index in [2.05, 4.69) is 15.2 Å². The largest absolute Gasteiger partial charge is 0.432 e. The third-order valence-electron chi connectivity index (χ3n) is 3.57. The van der Waals surface area contributed by atoms with Gasteiger partial charge in [0.05, 0.1) is 22.6 Å². The van der Waals surface area contributed by atoms with Crippen molar-refractivity contribution < 1.29 is 22.7 Å². The Hall–Kier alpha value is -3.29. The van der Waals surface area contributed by atoms with E-state index >= 15 is 0 Å². The van der Waals surface area contributed by atoms with Crippen LogP contribution in [0.5, 0.6) is 5.75 Å². The molecule has 2 aromatic carbocycles. The second-order valence-corrected chi connectivity index (χ2v) is 5.38. The number of hydrogen-bond acceptors (Lipinski definition) is 3. The topological polar surface area (TPSA) is 56.2 Å². The molecule has 0 atom stereocenters. The number of nitrogens with one attached hydrogen (secondary N) is 1. The number of anilines is 1. The first-order valence-electron chi connectivity index (χ1n) is 7.61. The standard InChI is InChI=1S/C18H14F3N3O2/c1-11-14(10-24(23-11)13-5-3-2-4-6-13)17(25)22-15-8-7-12(19)9-16(15)26-18(20)21/h2-10,18H,1H3,(H,22,25). The summed E-state index contributed by atoms with van der Waals surface area (Å²) in [6.07, 6.45) is 1.52. The molecule has 1 heterocycles. The lowest BCUT2D eigenvalue weighted by Crippen LogP contribution is -2.14. The van der Waals surface area contributed by atoms with Gasteiger partial charge in [-0.1, -0.05) is 18.2 Å². The fourth-order valence-corrected chi connectivity index (χ4v) is 2.38. The fourth-order valence-electron chi connectivity index (χ4n) is 2.38. The molecule has 0 fully saturated rings. The highest BCUT2D eigenvalue weighted by Gasteiger charge is 2.18. The molecule has 0 unspecified atom stereocenters. The Labute approximate surface area is 147 Å². The van der Waals surface area contributed by atoms with Crippen LogP contribution in [0.15, 0.2) is 54.7 Å². The minimum absolute atomic E-state index is 0.0661. The number of hydrogen-bond donors (Lipinski definition) is 1. The van der Waals surface area contributed by atoms with Crippen LogP contribution in [-0.4, -0.2) is 22.3 Å². The molecular formula is C18H14F3N3O2. The second kappa shape index (κ2) is 7.30. The Morgan fingerprint density at radius 3 is 2.62 bits per heavy atom. The van der Waals surface area contributed by atoms with Gasteiger partial charge in [-0.3, -0.25) is 4.79 Å². The van der Waals surface area contributed by atoms with E-state index in [1.54, 1.807) is 6.92 Å². The number of rotatable bonds is 5. The van der Waals surface area contributed by atoms with Crippen molar-refractivity contribution in [2.24, 2.45) is 0 Å². The number of alkyl halides is 2. The first-order valence-corrected chi connectivity index (χ1v) is 7.61. The van der Waals surface area contributed by atoms with Crippen molar-refractivity contribution in [3.8, 4) is 11.4 Å². The Morgan fingerprint density at radius 1 is 1.19 bits per heavy atom. The van der Waals surface area contributed by atoms with E-state index in [0.717, 1.165) is 23.9 Å². The maximum Gasteiger partial charge on any atom is 0.387 e. The Kier molecular flexibility index (Phi) is 4.92. The molecule has 1 N–H and O–H groups in total. The molecule has 134 valence electrons. The molecule has 1 aromatic heterocycles. The van der Waals surface area contributed by atoms with Crippen molar-refractivity contribution in [2.45, 2.75) is 13.5 Å². The maximum atomic E-state index is 13.3. The average molecular weight is 361 g/mol. The van der Waals surface area contributed by atoms with Crippen molar-refractivity contribution >= 4 is 11.6 Å². The van der Waals surface area contributed by atoms with Crippen LogP contribution >= 0.6 is 0 Å². The number of carbonyl (C=O) groups excluding carboxylic acids is 1. The molecule has 0 bridgehead atoms. The summed E-state index contributed by atoms with van der Waals surface area (Å²) in [6.45, 7) is -1.50. The van der Waals surface area contributed by atoms with E-state index in [-0.39, 0.29) is 11.3 Å². The van der Waals surface area contributed by atoms with E-state index in [1.165, 1.54) is 10.9 Å². The van der Waals surface area contributed by atoms with Crippen LogP contribution in [0.1, 0.15) is 16.1 Å². The van der Waals surface area contributed by atoms with Gasteiger partial charge in [0.2, 0.25) is 0 Å². The molecule has 1 amide bonds. The Balaban J connectivity index is 1.86. The van der Waals surface area contributed by atoms with Crippen molar-refractivity contribution in [1.82, 2.24) is 9.78 Å². The first-order chi connectivity index (χ1) is 12.4. The van der Waals surface area contributed by atoms with Crippen LogP contribution < -0.4 is 10.1 Å². The molecule has 3 rings (SSSR count). The van der Waals surface area contributed by atoms with Gasteiger partial charge in [0.1, 0.15) is 5.82 Å². The van der Waals surface area contributed by atoms with E-state index in [1.807, 2.05) is 30.3 Å². The van der Waals surface area contributed by atoms with Crippen molar-refractivity contribution in [3.63, 3.8) is 0 Å². The molecule has 0 radical (unpaired) electrons. The van der Waals surface area contributed by atoms with Gasteiger partial charge in [-0.25, -0.2) is 9.07 Å². The summed E-state index contributed by atoms with van der Waals surface area (Å²) in [6, 6.07) is 12.1. The predicted octanol–water partition coefficient (Wildman–Crippen LogP) is 4.17. The van der Waals surface area contributed by atoms with Crippen molar-refractivity contribution in [3.05, 3.63) is 71.8 Å². The highest BCUT2D eigenvalue weighted by molar-refractivity contribution is 6.05. The molecule has 8 heteroatoms. The summed E-state index contributed by atoms with van der Waals surface area (Å²) >= 11 is 0. The predicted molar refractivity (Wildman–Crippen MR) is 89.3 cm³/mol. The zero-order valence-electron chi connectivity index (χ0n) is 13.6. The Morgan fingerprint density at radius 2 is 1.92 bits per heavy atom. The lowest BCUT2D eigenvalue weighted by Gasteiger charge is -2.11. The number of aryl methyl sites for hydroxylation is 1. The van der Waals surface area contributed by atoms with E-state index < -0.39 is 24.1 Å². The van der Waals surface area contributed by atoms with Gasteiger partial charge < -0.3 is 10.1 Å². The quantitative estimate of drug-likeness (QED) is 0.742. The number of nitrogens with zero attached hydrogens (tertiary/aromatic N) is 2. The normalized spacial score (nSPS) is 10.8. The number of ether oxygens (including phenoxy) is 1. The zero-order chi connectivity index (χ0) is 18.7. The van der Waals surface area contributed by atoms with Crippen LogP contribution in [0, 0.1) is 12.7 Å². The van der Waals surface area contributed by atoms with Gasteiger partial charge >= 0.3 is 6.61 Å². The molecule has 0 saturated carbocycles. The highest BCUT2D eigenvalue weighted by Crippen LogP contribution is 2.28. The minimum Gasteiger partial charge on any atom is -0.432 e. The smallest absolute Gasteiger partial charge is 0.387 e. The molecule has 26 heavy (non-hydrogen) atoms. The van der Waals surface area contributed by atoms with Crippen LogP contribution in [0.4, 0.5) is 18.9 Å². The molecule has 0 spiro atoms. The van der Waals surface area contributed by atoms with Gasteiger partial charge in [0.25, 0.3) is 5.91 Å². The SMILES string of the molecule is Cc1nn(-c2ccccc2)cc1C(=O)Nc1ccc(F)cc1OC(F)F. The molecule has 0 saturated heterocycles.